The summed E-state index contributed by atoms with van der Waals surface area (Å²) in [5, 5.41) is 0. The van der Waals surface area contributed by atoms with E-state index in [0.717, 1.165) is 11.1 Å². The van der Waals surface area contributed by atoms with E-state index < -0.39 is 15.8 Å². The van der Waals surface area contributed by atoms with Crippen LogP contribution in [0.15, 0.2) is 47.4 Å². The third-order valence-electron chi connectivity index (χ3n) is 3.40. The predicted molar refractivity (Wildman–Crippen MR) is 87.1 cm³/mol. The van der Waals surface area contributed by atoms with E-state index in [-0.39, 0.29) is 16.0 Å². The van der Waals surface area contributed by atoms with Crippen LogP contribution in [0.5, 0.6) is 0 Å². The van der Waals surface area contributed by atoms with Gasteiger partial charge in [0, 0.05) is 0 Å². The Morgan fingerprint density at radius 2 is 1.59 bits per heavy atom. The zero-order chi connectivity index (χ0) is 16.5. The number of nitrogens with one attached hydrogen (secondary N) is 1. The van der Waals surface area contributed by atoms with Crippen molar-refractivity contribution >= 4 is 15.7 Å². The lowest BCUT2D eigenvalue weighted by atomic mass is 9.87. The van der Waals surface area contributed by atoms with E-state index in [0.29, 0.717) is 0 Å². The number of benzene rings is 2. The zero-order valence-electron chi connectivity index (χ0n) is 13.1. The molecular formula is C17H20FNO2S. The Labute approximate surface area is 131 Å². The Morgan fingerprint density at radius 1 is 1.00 bits per heavy atom. The molecule has 0 fully saturated rings. The molecule has 0 unspecified atom stereocenters. The van der Waals surface area contributed by atoms with Crippen molar-refractivity contribution in [3.63, 3.8) is 0 Å². The van der Waals surface area contributed by atoms with Gasteiger partial charge in [0.25, 0.3) is 10.0 Å². The minimum Gasteiger partial charge on any atom is -0.277 e. The van der Waals surface area contributed by atoms with Gasteiger partial charge >= 0.3 is 0 Å². The number of aryl methyl sites for hydroxylation is 1. The van der Waals surface area contributed by atoms with Gasteiger partial charge in [0.05, 0.1) is 10.6 Å². The molecule has 3 nitrogen and oxygen atoms in total. The number of rotatable bonds is 3. The fourth-order valence-corrected chi connectivity index (χ4v) is 3.11. The molecule has 0 saturated carbocycles. The summed E-state index contributed by atoms with van der Waals surface area (Å²) in [4.78, 5) is 0.112. The predicted octanol–water partition coefficient (Wildman–Crippen LogP) is 4.23. The van der Waals surface area contributed by atoms with Gasteiger partial charge < -0.3 is 0 Å². The van der Waals surface area contributed by atoms with Crippen LogP contribution in [0.25, 0.3) is 0 Å². The van der Waals surface area contributed by atoms with Gasteiger partial charge in [-0.25, -0.2) is 12.8 Å². The highest BCUT2D eigenvalue weighted by atomic mass is 32.2. The molecule has 0 radical (unpaired) electrons. The monoisotopic (exact) mass is 321 g/mol. The van der Waals surface area contributed by atoms with Crippen LogP contribution in [0.3, 0.4) is 0 Å². The molecule has 0 spiro atoms. The molecule has 0 saturated heterocycles. The standard InChI is InChI=1S/C17H20FNO2S/c1-12-5-10-16(15(18)11-12)19-22(20,21)14-8-6-13(7-9-14)17(2,3)4/h5-11,19H,1-4H3. The molecule has 5 heteroatoms. The van der Waals surface area contributed by atoms with E-state index in [4.69, 9.17) is 0 Å². The normalized spacial score (nSPS) is 12.2. The Balaban J connectivity index is 2.31. The summed E-state index contributed by atoms with van der Waals surface area (Å²) in [5.41, 5.74) is 1.66. The summed E-state index contributed by atoms with van der Waals surface area (Å²) in [7, 11) is -3.80. The molecule has 2 aromatic rings. The summed E-state index contributed by atoms with van der Waals surface area (Å²) in [6.07, 6.45) is 0. The van der Waals surface area contributed by atoms with Crippen LogP contribution in [0.2, 0.25) is 0 Å². The summed E-state index contributed by atoms with van der Waals surface area (Å²) in [6, 6.07) is 11.0. The van der Waals surface area contributed by atoms with Gasteiger partial charge in [-0.2, -0.15) is 0 Å². The average molecular weight is 321 g/mol. The maximum absolute atomic E-state index is 13.8. The Bertz CT molecular complexity index is 775. The van der Waals surface area contributed by atoms with Crippen LogP contribution < -0.4 is 4.72 Å². The van der Waals surface area contributed by atoms with Crippen LogP contribution in [0, 0.1) is 12.7 Å². The van der Waals surface area contributed by atoms with E-state index in [1.54, 1.807) is 25.1 Å². The van der Waals surface area contributed by atoms with E-state index in [2.05, 4.69) is 25.5 Å². The van der Waals surface area contributed by atoms with Crippen molar-refractivity contribution in [1.29, 1.82) is 0 Å². The summed E-state index contributed by atoms with van der Waals surface area (Å²) >= 11 is 0. The first-order chi connectivity index (χ1) is 10.1. The third-order valence-corrected chi connectivity index (χ3v) is 4.78. The first-order valence-electron chi connectivity index (χ1n) is 6.99. The number of halogens is 1. The first-order valence-corrected chi connectivity index (χ1v) is 8.47. The van der Waals surface area contributed by atoms with Gasteiger partial charge in [0.1, 0.15) is 5.82 Å². The molecule has 2 aromatic carbocycles. The molecule has 0 aliphatic carbocycles. The van der Waals surface area contributed by atoms with Gasteiger partial charge in [-0.15, -0.1) is 0 Å². The van der Waals surface area contributed by atoms with Gasteiger partial charge in [0.2, 0.25) is 0 Å². The van der Waals surface area contributed by atoms with Crippen LogP contribution in [-0.4, -0.2) is 8.42 Å². The van der Waals surface area contributed by atoms with Crippen molar-refractivity contribution in [3.8, 4) is 0 Å². The highest BCUT2D eigenvalue weighted by molar-refractivity contribution is 7.92. The molecular weight excluding hydrogens is 301 g/mol. The molecule has 118 valence electrons. The Kier molecular flexibility index (Phi) is 4.29. The third kappa shape index (κ3) is 3.65. The van der Waals surface area contributed by atoms with Crippen LogP contribution in [0.4, 0.5) is 10.1 Å². The molecule has 0 amide bonds. The van der Waals surface area contributed by atoms with Crippen molar-refractivity contribution in [2.45, 2.75) is 38.0 Å². The van der Waals surface area contributed by atoms with Crippen molar-refractivity contribution < 1.29 is 12.8 Å². The van der Waals surface area contributed by atoms with Crippen LogP contribution in [-0.2, 0) is 15.4 Å². The number of hydrogen-bond acceptors (Lipinski definition) is 2. The van der Waals surface area contributed by atoms with E-state index in [1.165, 1.54) is 24.3 Å². The molecule has 22 heavy (non-hydrogen) atoms. The van der Waals surface area contributed by atoms with Gasteiger partial charge in [-0.3, -0.25) is 4.72 Å². The van der Waals surface area contributed by atoms with Gasteiger partial charge in [-0.05, 0) is 47.7 Å². The largest absolute Gasteiger partial charge is 0.277 e. The van der Waals surface area contributed by atoms with Gasteiger partial charge in [0.15, 0.2) is 0 Å². The van der Waals surface area contributed by atoms with E-state index in [1.807, 2.05) is 0 Å². The number of anilines is 1. The zero-order valence-corrected chi connectivity index (χ0v) is 14.0. The fraction of sp³-hybridized carbons (Fsp3) is 0.294. The summed E-state index contributed by atoms with van der Waals surface area (Å²) in [6.45, 7) is 7.90. The molecule has 0 atom stereocenters. The van der Waals surface area contributed by atoms with Crippen molar-refractivity contribution in [1.82, 2.24) is 0 Å². The maximum atomic E-state index is 13.8. The SMILES string of the molecule is Cc1ccc(NS(=O)(=O)c2ccc(C(C)(C)C)cc2)c(F)c1. The molecule has 0 aliphatic heterocycles. The van der Waals surface area contributed by atoms with Crippen LogP contribution in [0.1, 0.15) is 31.9 Å². The molecule has 1 N–H and O–H groups in total. The molecule has 0 aromatic heterocycles. The highest BCUT2D eigenvalue weighted by Crippen LogP contribution is 2.25. The minimum absolute atomic E-state index is 0.0505. The number of sulfonamides is 1. The average Bonchev–Trinajstić information content (AvgIpc) is 2.41. The smallest absolute Gasteiger partial charge is 0.261 e. The molecule has 2 rings (SSSR count). The lowest BCUT2D eigenvalue weighted by Gasteiger charge is -2.19. The second-order valence-electron chi connectivity index (χ2n) is 6.36. The highest BCUT2D eigenvalue weighted by Gasteiger charge is 2.18. The molecule has 0 heterocycles. The second-order valence-corrected chi connectivity index (χ2v) is 8.05. The lowest BCUT2D eigenvalue weighted by Crippen LogP contribution is -2.15. The quantitative estimate of drug-likeness (QED) is 0.919. The maximum Gasteiger partial charge on any atom is 0.261 e. The Morgan fingerprint density at radius 3 is 2.09 bits per heavy atom. The minimum atomic E-state index is -3.80. The lowest BCUT2D eigenvalue weighted by molar-refractivity contribution is 0.587. The van der Waals surface area contributed by atoms with Crippen LogP contribution >= 0.6 is 0 Å². The first kappa shape index (κ1) is 16.5. The fourth-order valence-electron chi connectivity index (χ4n) is 2.04. The molecule has 0 bridgehead atoms. The van der Waals surface area contributed by atoms with Crippen molar-refractivity contribution in [2.24, 2.45) is 0 Å². The number of hydrogen-bond donors (Lipinski definition) is 1. The van der Waals surface area contributed by atoms with Gasteiger partial charge in [-0.1, -0.05) is 39.0 Å². The van der Waals surface area contributed by atoms with E-state index in [9.17, 15) is 12.8 Å². The van der Waals surface area contributed by atoms with Crippen molar-refractivity contribution in [2.75, 3.05) is 4.72 Å². The second kappa shape index (κ2) is 5.72. The summed E-state index contributed by atoms with van der Waals surface area (Å²) in [5.74, 6) is -0.588. The topological polar surface area (TPSA) is 46.2 Å². The Hall–Kier alpha value is -1.88. The summed E-state index contributed by atoms with van der Waals surface area (Å²) < 4.78 is 40.7. The molecule has 0 aliphatic rings. The van der Waals surface area contributed by atoms with E-state index >= 15 is 0 Å². The van der Waals surface area contributed by atoms with Crippen molar-refractivity contribution in [3.05, 3.63) is 59.4 Å².